The lowest BCUT2D eigenvalue weighted by atomic mass is 9.86. The van der Waals surface area contributed by atoms with Gasteiger partial charge in [-0.15, -0.1) is 0 Å². The zero-order chi connectivity index (χ0) is 46.2. The Morgan fingerprint density at radius 2 is 0.443 bits per heavy atom. The average molecular weight is 900 g/mol. The average Bonchev–Trinajstić information content (AvgIpc) is 3.40. The summed E-state index contributed by atoms with van der Waals surface area (Å²) < 4.78 is 19.1. The second-order valence-electron chi connectivity index (χ2n) is 17.4. The zero-order valence-electron chi connectivity index (χ0n) is 37.3. The van der Waals surface area contributed by atoms with Crippen LogP contribution < -0.4 is 16.3 Å². The van der Waals surface area contributed by atoms with Gasteiger partial charge in [-0.25, -0.2) is 0 Å². The molecule has 3 heterocycles. The van der Waals surface area contributed by atoms with E-state index in [1.54, 1.807) is 18.2 Å². The van der Waals surface area contributed by atoms with Gasteiger partial charge in [0.25, 0.3) is 0 Å². The normalized spacial score (nSPS) is 11.5. The van der Waals surface area contributed by atoms with Crippen LogP contribution in [-0.4, -0.2) is 8.41 Å². The summed E-state index contributed by atoms with van der Waals surface area (Å²) in [5.41, 5.74) is 14.4. The second kappa shape index (κ2) is 16.8. The van der Waals surface area contributed by atoms with Crippen molar-refractivity contribution in [3.05, 3.63) is 249 Å². The van der Waals surface area contributed by atoms with Gasteiger partial charge in [0.05, 0.1) is 32.3 Å². The van der Waals surface area contributed by atoms with Crippen LogP contribution in [0.1, 0.15) is 0 Å². The Morgan fingerprint density at radius 1 is 0.214 bits per heavy atom. The van der Waals surface area contributed by atoms with Crippen molar-refractivity contribution in [1.29, 1.82) is 0 Å². The number of hydrogen-bond acceptors (Lipinski definition) is 6. The molecule has 0 bridgehead atoms. The maximum atomic E-state index is 13.6. The van der Waals surface area contributed by atoms with Crippen molar-refractivity contribution in [3.8, 4) is 66.8 Å². The van der Waals surface area contributed by atoms with Gasteiger partial charge < -0.3 is 13.3 Å². The fourth-order valence-corrected chi connectivity index (χ4v) is 9.96. The molecule has 3 radical (unpaired) electrons. The molecule has 0 spiro atoms. The van der Waals surface area contributed by atoms with E-state index < -0.39 is 0 Å². The molecule has 7 heteroatoms. The van der Waals surface area contributed by atoms with E-state index in [1.807, 2.05) is 146 Å². The molecule has 0 saturated heterocycles. The standard InChI is InChI=1S/C63H36O6.B/c64-61-49-19-7-10-22-55(49)67-58-34-37(25-28-52(58)61)43-13-1-4-16-46(43)40-31-41(47-17-5-2-14-44(47)38-26-29-53-59(35-38)68-56-23-11-8-20-50(56)62(53)65)33-42(32-40)48-18-6-3-15-45(48)39-27-30-54-60(36-39)69-57-24-12-9-21-51(57)63(54)66;/h1-36H;. The van der Waals surface area contributed by atoms with Crippen LogP contribution in [0.25, 0.3) is 133 Å². The molecular weight excluding hydrogens is 863 g/mol. The molecule has 0 unspecified atom stereocenters. The summed E-state index contributed by atoms with van der Waals surface area (Å²) in [6.45, 7) is 0. The molecule has 0 aliphatic carbocycles. The van der Waals surface area contributed by atoms with Gasteiger partial charge in [0, 0.05) is 8.41 Å². The minimum absolute atomic E-state index is 0. The molecule has 0 fully saturated rings. The van der Waals surface area contributed by atoms with Crippen LogP contribution in [0.2, 0.25) is 0 Å². The lowest BCUT2D eigenvalue weighted by Gasteiger charge is -2.18. The number of rotatable bonds is 6. The molecule has 0 aliphatic heterocycles. The monoisotopic (exact) mass is 899 g/mol. The summed E-state index contributed by atoms with van der Waals surface area (Å²) in [5, 5.41) is 3.21. The van der Waals surface area contributed by atoms with E-state index in [4.69, 9.17) is 13.3 Å². The summed E-state index contributed by atoms with van der Waals surface area (Å²) in [4.78, 5) is 40.8. The van der Waals surface area contributed by atoms with Crippen LogP contribution in [-0.2, 0) is 0 Å². The highest BCUT2D eigenvalue weighted by Gasteiger charge is 2.19. The Labute approximate surface area is 401 Å². The van der Waals surface area contributed by atoms with Gasteiger partial charge in [0.15, 0.2) is 0 Å². The van der Waals surface area contributed by atoms with E-state index in [9.17, 15) is 14.4 Å². The Kier molecular flexibility index (Phi) is 10.1. The van der Waals surface area contributed by atoms with Crippen molar-refractivity contribution in [2.45, 2.75) is 0 Å². The third kappa shape index (κ3) is 6.94. The van der Waals surface area contributed by atoms with Gasteiger partial charge in [-0.1, -0.05) is 127 Å². The SMILES string of the molecule is O=c1c2ccccc2oc2cc(-c3ccccc3-c3cc(-c4ccccc4-c4ccc5c(=O)c6ccccc6oc5c4)cc(-c4ccccc4-c4ccc5c(=O)c6ccccc6oc5c4)c3)ccc12.[B]. The van der Waals surface area contributed by atoms with E-state index >= 15 is 0 Å². The Morgan fingerprint density at radius 3 is 0.729 bits per heavy atom. The number of para-hydroxylation sites is 3. The molecule has 0 atom stereocenters. The number of fused-ring (bicyclic) bond motifs is 6. The first-order valence-electron chi connectivity index (χ1n) is 22.7. The molecule has 0 N–H and O–H groups in total. The van der Waals surface area contributed by atoms with Crippen LogP contribution in [0, 0.1) is 0 Å². The molecule has 70 heavy (non-hydrogen) atoms. The van der Waals surface area contributed by atoms with Gasteiger partial charge in [0.2, 0.25) is 16.3 Å². The Hall–Kier alpha value is -9.33. The Bertz CT molecular complexity index is 4000. The predicted molar refractivity (Wildman–Crippen MR) is 285 cm³/mol. The third-order valence-electron chi connectivity index (χ3n) is 13.3. The Balaban J connectivity index is 0.00000505. The topological polar surface area (TPSA) is 90.6 Å². The summed E-state index contributed by atoms with van der Waals surface area (Å²) in [6, 6.07) is 71.0. The van der Waals surface area contributed by atoms with Crippen molar-refractivity contribution in [2.24, 2.45) is 0 Å². The van der Waals surface area contributed by atoms with Gasteiger partial charge in [-0.05, 0) is 158 Å². The lowest BCUT2D eigenvalue weighted by Crippen LogP contribution is -2.02. The van der Waals surface area contributed by atoms with Crippen LogP contribution in [0.3, 0.4) is 0 Å². The first-order chi connectivity index (χ1) is 33.9. The summed E-state index contributed by atoms with van der Waals surface area (Å²) in [5.74, 6) is 0. The van der Waals surface area contributed by atoms with E-state index in [0.717, 1.165) is 66.8 Å². The minimum Gasteiger partial charge on any atom is -0.456 e. The first-order valence-corrected chi connectivity index (χ1v) is 22.7. The predicted octanol–water partition coefficient (Wildman–Crippen LogP) is 15.1. The van der Waals surface area contributed by atoms with E-state index in [2.05, 4.69) is 54.6 Å². The number of hydrogen-bond donors (Lipinski definition) is 0. The van der Waals surface area contributed by atoms with E-state index in [0.29, 0.717) is 65.8 Å². The van der Waals surface area contributed by atoms with Crippen molar-refractivity contribution >= 4 is 74.2 Å². The molecular formula is C63H36BO6. The first kappa shape index (κ1) is 42.1. The van der Waals surface area contributed by atoms with Gasteiger partial charge in [-0.2, -0.15) is 0 Å². The fraction of sp³-hybridized carbons (Fsp3) is 0. The molecule has 3 aromatic heterocycles. The highest BCUT2D eigenvalue weighted by Crippen LogP contribution is 2.43. The molecule has 0 amide bonds. The maximum Gasteiger partial charge on any atom is 0.200 e. The van der Waals surface area contributed by atoms with Gasteiger partial charge in [-0.3, -0.25) is 14.4 Å². The molecule has 13 aromatic rings. The molecule has 6 nitrogen and oxygen atoms in total. The molecule has 0 saturated carbocycles. The second-order valence-corrected chi connectivity index (χ2v) is 17.4. The maximum absolute atomic E-state index is 13.6. The third-order valence-corrected chi connectivity index (χ3v) is 13.3. The van der Waals surface area contributed by atoms with E-state index in [1.165, 1.54) is 0 Å². The summed E-state index contributed by atoms with van der Waals surface area (Å²) >= 11 is 0. The van der Waals surface area contributed by atoms with Crippen LogP contribution >= 0.6 is 0 Å². The van der Waals surface area contributed by atoms with Gasteiger partial charge in [0.1, 0.15) is 33.5 Å². The highest BCUT2D eigenvalue weighted by molar-refractivity contribution is 5.99. The smallest absolute Gasteiger partial charge is 0.200 e. The fourth-order valence-electron chi connectivity index (χ4n) is 9.96. The lowest BCUT2D eigenvalue weighted by molar-refractivity contribution is 0.659. The largest absolute Gasteiger partial charge is 0.456 e. The molecule has 327 valence electrons. The van der Waals surface area contributed by atoms with E-state index in [-0.39, 0.29) is 24.7 Å². The molecule has 10 aromatic carbocycles. The van der Waals surface area contributed by atoms with Gasteiger partial charge >= 0.3 is 0 Å². The van der Waals surface area contributed by atoms with Crippen molar-refractivity contribution in [1.82, 2.24) is 0 Å². The van der Waals surface area contributed by atoms with Crippen molar-refractivity contribution in [2.75, 3.05) is 0 Å². The zero-order valence-corrected chi connectivity index (χ0v) is 37.3. The quantitative estimate of drug-likeness (QED) is 0.122. The minimum atomic E-state index is -0.0647. The summed E-state index contributed by atoms with van der Waals surface area (Å²) in [6.07, 6.45) is 0. The highest BCUT2D eigenvalue weighted by atomic mass is 16.3. The molecule has 13 rings (SSSR count). The van der Waals surface area contributed by atoms with Crippen LogP contribution in [0.4, 0.5) is 0 Å². The van der Waals surface area contributed by atoms with Crippen molar-refractivity contribution in [3.63, 3.8) is 0 Å². The summed E-state index contributed by atoms with van der Waals surface area (Å²) in [7, 11) is 0. The van der Waals surface area contributed by atoms with Crippen LogP contribution in [0.15, 0.2) is 246 Å². The molecule has 0 aliphatic rings. The van der Waals surface area contributed by atoms with Crippen LogP contribution in [0.5, 0.6) is 0 Å². The van der Waals surface area contributed by atoms with Crippen molar-refractivity contribution < 1.29 is 13.3 Å². The number of benzene rings is 10.